The third-order valence-corrected chi connectivity index (χ3v) is 4.86. The Balaban J connectivity index is 1.53. The molecular weight excluding hydrogens is 356 g/mol. The van der Waals surface area contributed by atoms with Crippen molar-refractivity contribution >= 4 is 11.7 Å². The monoisotopic (exact) mass is 384 g/mol. The number of amides is 1. The molecule has 7 heteroatoms. The molecule has 1 amide bonds. The highest BCUT2D eigenvalue weighted by atomic mass is 16.5. The molecule has 1 fully saturated rings. The Labute approximate surface area is 166 Å². The van der Waals surface area contributed by atoms with Crippen LogP contribution in [0.5, 0.6) is 11.5 Å². The van der Waals surface area contributed by atoms with Crippen molar-refractivity contribution in [2.75, 3.05) is 38.7 Å². The fourth-order valence-corrected chi connectivity index (χ4v) is 3.16. The van der Waals surface area contributed by atoms with E-state index in [0.717, 1.165) is 37.4 Å². The van der Waals surface area contributed by atoms with Crippen molar-refractivity contribution in [3.05, 3.63) is 41.9 Å². The SMILES string of the molecule is COc1ccc(OCCNc2cc(C(=O)N3CCC(C)CC3)nc(C)n2)cc1. The summed E-state index contributed by atoms with van der Waals surface area (Å²) >= 11 is 0. The molecule has 3 rings (SSSR count). The Morgan fingerprint density at radius 3 is 2.54 bits per heavy atom. The van der Waals surface area contributed by atoms with Gasteiger partial charge in [0.05, 0.1) is 13.7 Å². The lowest BCUT2D eigenvalue weighted by Crippen LogP contribution is -2.38. The van der Waals surface area contributed by atoms with Gasteiger partial charge in [-0.05, 0) is 49.9 Å². The van der Waals surface area contributed by atoms with Crippen LogP contribution in [-0.4, -0.2) is 54.1 Å². The standard InChI is InChI=1S/C21H28N4O3/c1-15-8-11-25(12-9-15)21(26)19-14-20(24-16(2)23-19)22-10-13-28-18-6-4-17(27-3)5-7-18/h4-7,14-15H,8-13H2,1-3H3,(H,22,23,24). The maximum Gasteiger partial charge on any atom is 0.272 e. The van der Waals surface area contributed by atoms with Gasteiger partial charge in [-0.3, -0.25) is 4.79 Å². The van der Waals surface area contributed by atoms with Crippen LogP contribution in [-0.2, 0) is 0 Å². The Hall–Kier alpha value is -2.83. The normalized spacial score (nSPS) is 14.6. The first-order valence-electron chi connectivity index (χ1n) is 9.71. The highest BCUT2D eigenvalue weighted by Crippen LogP contribution is 2.19. The zero-order valence-corrected chi connectivity index (χ0v) is 16.8. The van der Waals surface area contributed by atoms with E-state index in [9.17, 15) is 4.79 Å². The van der Waals surface area contributed by atoms with Gasteiger partial charge in [0.25, 0.3) is 5.91 Å². The number of methoxy groups -OCH3 is 1. The number of anilines is 1. The fourth-order valence-electron chi connectivity index (χ4n) is 3.16. The van der Waals surface area contributed by atoms with Gasteiger partial charge in [-0.2, -0.15) is 0 Å². The van der Waals surface area contributed by atoms with E-state index in [4.69, 9.17) is 9.47 Å². The van der Waals surface area contributed by atoms with Crippen LogP contribution in [0.15, 0.2) is 30.3 Å². The van der Waals surface area contributed by atoms with Crippen LogP contribution < -0.4 is 14.8 Å². The van der Waals surface area contributed by atoms with E-state index in [2.05, 4.69) is 22.2 Å². The number of aromatic nitrogens is 2. The molecule has 1 aliphatic rings. The molecule has 0 atom stereocenters. The molecule has 1 aliphatic heterocycles. The summed E-state index contributed by atoms with van der Waals surface area (Å²) in [6.45, 7) is 6.66. The zero-order chi connectivity index (χ0) is 19.9. The first-order chi connectivity index (χ1) is 13.5. The summed E-state index contributed by atoms with van der Waals surface area (Å²) in [4.78, 5) is 23.3. The Morgan fingerprint density at radius 1 is 1.18 bits per heavy atom. The van der Waals surface area contributed by atoms with Crippen LogP contribution in [0, 0.1) is 12.8 Å². The van der Waals surface area contributed by atoms with Gasteiger partial charge in [0, 0.05) is 19.2 Å². The van der Waals surface area contributed by atoms with E-state index in [1.807, 2.05) is 29.2 Å². The predicted octanol–water partition coefficient (Wildman–Crippen LogP) is 3.16. The van der Waals surface area contributed by atoms with Gasteiger partial charge in [0.2, 0.25) is 0 Å². The first kappa shape index (κ1) is 19.9. The first-order valence-corrected chi connectivity index (χ1v) is 9.71. The number of carbonyl (C=O) groups is 1. The number of hydrogen-bond acceptors (Lipinski definition) is 6. The number of likely N-dealkylation sites (tertiary alicyclic amines) is 1. The molecule has 2 aromatic rings. The molecule has 0 radical (unpaired) electrons. The molecule has 7 nitrogen and oxygen atoms in total. The number of hydrogen-bond donors (Lipinski definition) is 1. The number of ether oxygens (including phenoxy) is 2. The summed E-state index contributed by atoms with van der Waals surface area (Å²) in [5.74, 6) is 3.45. The molecule has 1 aromatic heterocycles. The summed E-state index contributed by atoms with van der Waals surface area (Å²) in [7, 11) is 1.63. The second-order valence-corrected chi connectivity index (χ2v) is 7.11. The van der Waals surface area contributed by atoms with Crippen LogP contribution in [0.4, 0.5) is 5.82 Å². The van der Waals surface area contributed by atoms with Crippen molar-refractivity contribution in [1.29, 1.82) is 0 Å². The minimum Gasteiger partial charge on any atom is -0.497 e. The van der Waals surface area contributed by atoms with E-state index < -0.39 is 0 Å². The van der Waals surface area contributed by atoms with Crippen molar-refractivity contribution in [1.82, 2.24) is 14.9 Å². The number of benzene rings is 1. The topological polar surface area (TPSA) is 76.6 Å². The van der Waals surface area contributed by atoms with Crippen LogP contribution in [0.1, 0.15) is 36.1 Å². The molecule has 150 valence electrons. The van der Waals surface area contributed by atoms with E-state index >= 15 is 0 Å². The van der Waals surface area contributed by atoms with E-state index in [-0.39, 0.29) is 5.91 Å². The third-order valence-electron chi connectivity index (χ3n) is 4.86. The average Bonchev–Trinajstić information content (AvgIpc) is 2.71. The van der Waals surface area contributed by atoms with Gasteiger partial charge in [-0.25, -0.2) is 9.97 Å². The summed E-state index contributed by atoms with van der Waals surface area (Å²) < 4.78 is 10.8. The second kappa shape index (κ2) is 9.39. The molecule has 1 saturated heterocycles. The molecular formula is C21H28N4O3. The summed E-state index contributed by atoms with van der Waals surface area (Å²) in [5.41, 5.74) is 0.445. The van der Waals surface area contributed by atoms with Crippen molar-refractivity contribution in [3.63, 3.8) is 0 Å². The van der Waals surface area contributed by atoms with Crippen molar-refractivity contribution in [2.45, 2.75) is 26.7 Å². The highest BCUT2D eigenvalue weighted by molar-refractivity contribution is 5.93. The molecule has 0 bridgehead atoms. The largest absolute Gasteiger partial charge is 0.497 e. The molecule has 2 heterocycles. The second-order valence-electron chi connectivity index (χ2n) is 7.11. The summed E-state index contributed by atoms with van der Waals surface area (Å²) in [6, 6.07) is 9.17. The maximum atomic E-state index is 12.8. The van der Waals surface area contributed by atoms with E-state index in [0.29, 0.717) is 36.4 Å². The third kappa shape index (κ3) is 5.34. The Kier molecular flexibility index (Phi) is 6.68. The molecule has 1 aromatic carbocycles. The Bertz CT molecular complexity index is 787. The van der Waals surface area contributed by atoms with Gasteiger partial charge in [-0.15, -0.1) is 0 Å². The molecule has 0 saturated carbocycles. The predicted molar refractivity (Wildman–Crippen MR) is 108 cm³/mol. The average molecular weight is 384 g/mol. The lowest BCUT2D eigenvalue weighted by atomic mass is 9.99. The number of rotatable bonds is 7. The van der Waals surface area contributed by atoms with Crippen LogP contribution in [0.2, 0.25) is 0 Å². The number of carbonyl (C=O) groups excluding carboxylic acids is 1. The minimum absolute atomic E-state index is 0.0186. The van der Waals surface area contributed by atoms with Crippen molar-refractivity contribution in [3.8, 4) is 11.5 Å². The molecule has 0 spiro atoms. The van der Waals surface area contributed by atoms with E-state index in [1.165, 1.54) is 0 Å². The molecule has 0 aliphatic carbocycles. The Morgan fingerprint density at radius 2 is 1.86 bits per heavy atom. The quantitative estimate of drug-likeness (QED) is 0.739. The lowest BCUT2D eigenvalue weighted by Gasteiger charge is -2.30. The van der Waals surface area contributed by atoms with Crippen LogP contribution in [0.25, 0.3) is 0 Å². The highest BCUT2D eigenvalue weighted by Gasteiger charge is 2.23. The minimum atomic E-state index is -0.0186. The van der Waals surface area contributed by atoms with Crippen LogP contribution in [0.3, 0.4) is 0 Å². The zero-order valence-electron chi connectivity index (χ0n) is 16.8. The van der Waals surface area contributed by atoms with E-state index in [1.54, 1.807) is 20.1 Å². The summed E-state index contributed by atoms with van der Waals surface area (Å²) in [5, 5.41) is 3.21. The number of aryl methyl sites for hydroxylation is 1. The van der Waals surface area contributed by atoms with Gasteiger partial charge in [0.1, 0.15) is 35.4 Å². The number of nitrogens with one attached hydrogen (secondary N) is 1. The lowest BCUT2D eigenvalue weighted by molar-refractivity contribution is 0.0691. The molecule has 1 N–H and O–H groups in total. The van der Waals surface area contributed by atoms with Crippen molar-refractivity contribution in [2.24, 2.45) is 5.92 Å². The van der Waals surface area contributed by atoms with Gasteiger partial charge in [0.15, 0.2) is 0 Å². The fraction of sp³-hybridized carbons (Fsp3) is 0.476. The van der Waals surface area contributed by atoms with Crippen LogP contribution >= 0.6 is 0 Å². The number of nitrogens with zero attached hydrogens (tertiary/aromatic N) is 3. The van der Waals surface area contributed by atoms with Crippen molar-refractivity contribution < 1.29 is 14.3 Å². The van der Waals surface area contributed by atoms with Gasteiger partial charge < -0.3 is 19.7 Å². The molecule has 0 unspecified atom stereocenters. The summed E-state index contributed by atoms with van der Waals surface area (Å²) in [6.07, 6.45) is 2.09. The van der Waals surface area contributed by atoms with Gasteiger partial charge in [-0.1, -0.05) is 6.92 Å². The number of piperidine rings is 1. The smallest absolute Gasteiger partial charge is 0.272 e. The molecule has 28 heavy (non-hydrogen) atoms. The van der Waals surface area contributed by atoms with Gasteiger partial charge >= 0.3 is 0 Å². The maximum absolute atomic E-state index is 12.8.